The molecule has 0 radical (unpaired) electrons. The Bertz CT molecular complexity index is 565. The lowest BCUT2D eigenvalue weighted by Crippen LogP contribution is -2.05. The molecule has 18 heavy (non-hydrogen) atoms. The van der Waals surface area contributed by atoms with Crippen LogP contribution in [0.3, 0.4) is 0 Å². The molecule has 2 aromatic heterocycles. The van der Waals surface area contributed by atoms with Crippen LogP contribution in [0.4, 0.5) is 5.69 Å². The van der Waals surface area contributed by atoms with Gasteiger partial charge in [0.15, 0.2) is 0 Å². The van der Waals surface area contributed by atoms with Crippen molar-refractivity contribution in [2.24, 2.45) is 0 Å². The highest BCUT2D eigenvalue weighted by atomic mass is 35.5. The monoisotopic (exact) mass is 282 g/mol. The van der Waals surface area contributed by atoms with Crippen molar-refractivity contribution in [3.8, 4) is 0 Å². The lowest BCUT2D eigenvalue weighted by atomic mass is 10.4. The number of pyridine rings is 1. The first-order valence-electron chi connectivity index (χ1n) is 5.63. The number of hydrogen-bond acceptors (Lipinski definition) is 4. The van der Waals surface area contributed by atoms with E-state index < -0.39 is 0 Å². The molecule has 0 spiro atoms. The second-order valence-electron chi connectivity index (χ2n) is 4.23. The molecule has 0 atom stereocenters. The Morgan fingerprint density at radius 2 is 2.17 bits per heavy atom. The fourth-order valence-electron chi connectivity index (χ4n) is 1.53. The minimum atomic E-state index is 0.242. The highest BCUT2D eigenvalue weighted by molar-refractivity contribution is 7.99. The van der Waals surface area contributed by atoms with Gasteiger partial charge in [0, 0.05) is 12.2 Å². The SMILES string of the molecule is Cc1nn(C(C)C)c(Sc2ncccc2Cl)c1N. The van der Waals surface area contributed by atoms with E-state index in [1.54, 1.807) is 12.3 Å². The van der Waals surface area contributed by atoms with E-state index in [1.165, 1.54) is 11.8 Å². The minimum absolute atomic E-state index is 0.242. The summed E-state index contributed by atoms with van der Waals surface area (Å²) in [7, 11) is 0. The molecule has 0 aliphatic heterocycles. The molecular formula is C12H15ClN4S. The van der Waals surface area contributed by atoms with Gasteiger partial charge in [0.05, 0.1) is 16.4 Å². The molecule has 2 N–H and O–H groups in total. The third-order valence-corrected chi connectivity index (χ3v) is 4.03. The Morgan fingerprint density at radius 3 is 2.78 bits per heavy atom. The van der Waals surface area contributed by atoms with Gasteiger partial charge in [0.25, 0.3) is 0 Å². The molecule has 0 unspecified atom stereocenters. The molecule has 0 aliphatic rings. The highest BCUT2D eigenvalue weighted by Crippen LogP contribution is 2.37. The van der Waals surface area contributed by atoms with Gasteiger partial charge in [-0.15, -0.1) is 0 Å². The van der Waals surface area contributed by atoms with E-state index in [0.717, 1.165) is 15.7 Å². The Balaban J connectivity index is 2.43. The van der Waals surface area contributed by atoms with Crippen LogP contribution >= 0.6 is 23.4 Å². The van der Waals surface area contributed by atoms with Crippen molar-refractivity contribution in [3.05, 3.63) is 29.0 Å². The van der Waals surface area contributed by atoms with E-state index in [-0.39, 0.29) is 6.04 Å². The summed E-state index contributed by atoms with van der Waals surface area (Å²) in [6, 6.07) is 3.86. The van der Waals surface area contributed by atoms with Gasteiger partial charge in [-0.25, -0.2) is 4.98 Å². The average Bonchev–Trinajstić information content (AvgIpc) is 2.60. The zero-order chi connectivity index (χ0) is 13.3. The summed E-state index contributed by atoms with van der Waals surface area (Å²) in [5.74, 6) is 0. The Morgan fingerprint density at radius 1 is 1.44 bits per heavy atom. The summed E-state index contributed by atoms with van der Waals surface area (Å²) in [6.45, 7) is 6.03. The van der Waals surface area contributed by atoms with Crippen LogP contribution in [0.1, 0.15) is 25.6 Å². The Kier molecular flexibility index (Phi) is 3.82. The van der Waals surface area contributed by atoms with Gasteiger partial charge in [0.2, 0.25) is 0 Å². The zero-order valence-corrected chi connectivity index (χ0v) is 12.1. The van der Waals surface area contributed by atoms with Crippen molar-refractivity contribution in [1.29, 1.82) is 0 Å². The molecule has 0 aliphatic carbocycles. The molecule has 0 saturated heterocycles. The number of nitrogen functional groups attached to an aromatic ring is 1. The maximum atomic E-state index is 6.11. The van der Waals surface area contributed by atoms with Crippen LogP contribution in [0.5, 0.6) is 0 Å². The minimum Gasteiger partial charge on any atom is -0.395 e. The molecule has 4 nitrogen and oxygen atoms in total. The number of nitrogens with zero attached hydrogens (tertiary/aromatic N) is 3. The molecule has 0 saturated carbocycles. The number of rotatable bonds is 3. The van der Waals surface area contributed by atoms with Crippen molar-refractivity contribution in [1.82, 2.24) is 14.8 Å². The summed E-state index contributed by atoms with van der Waals surface area (Å²) in [5, 5.41) is 6.69. The molecular weight excluding hydrogens is 268 g/mol. The second kappa shape index (κ2) is 5.20. The van der Waals surface area contributed by atoms with Crippen LogP contribution in [0, 0.1) is 6.92 Å². The lowest BCUT2D eigenvalue weighted by Gasteiger charge is -2.11. The predicted octanol–water partition coefficient (Wildman–Crippen LogP) is 3.55. The van der Waals surface area contributed by atoms with Gasteiger partial charge in [-0.2, -0.15) is 5.10 Å². The Hall–Kier alpha value is -1.20. The normalized spacial score (nSPS) is 11.2. The van der Waals surface area contributed by atoms with Gasteiger partial charge in [-0.05, 0) is 44.7 Å². The van der Waals surface area contributed by atoms with E-state index in [9.17, 15) is 0 Å². The number of hydrogen-bond donors (Lipinski definition) is 1. The number of anilines is 1. The fourth-order valence-corrected chi connectivity index (χ4v) is 2.83. The predicted molar refractivity (Wildman–Crippen MR) is 75.1 cm³/mol. The van der Waals surface area contributed by atoms with Crippen molar-refractivity contribution < 1.29 is 0 Å². The smallest absolute Gasteiger partial charge is 0.124 e. The van der Waals surface area contributed by atoms with Crippen molar-refractivity contribution in [2.45, 2.75) is 36.9 Å². The molecule has 0 fully saturated rings. The molecule has 6 heteroatoms. The molecule has 2 aromatic rings. The molecule has 96 valence electrons. The van der Waals surface area contributed by atoms with Crippen LogP contribution in [0.2, 0.25) is 5.02 Å². The lowest BCUT2D eigenvalue weighted by molar-refractivity contribution is 0.491. The molecule has 0 bridgehead atoms. The van der Waals surface area contributed by atoms with Crippen LogP contribution in [-0.4, -0.2) is 14.8 Å². The summed E-state index contributed by atoms with van der Waals surface area (Å²) >= 11 is 7.56. The summed E-state index contributed by atoms with van der Waals surface area (Å²) < 4.78 is 1.90. The average molecular weight is 283 g/mol. The van der Waals surface area contributed by atoms with E-state index in [2.05, 4.69) is 23.9 Å². The first kappa shape index (κ1) is 13.2. The summed E-state index contributed by atoms with van der Waals surface area (Å²) in [6.07, 6.45) is 1.72. The van der Waals surface area contributed by atoms with Gasteiger partial charge in [-0.3, -0.25) is 4.68 Å². The summed E-state index contributed by atoms with van der Waals surface area (Å²) in [5.41, 5.74) is 7.59. The second-order valence-corrected chi connectivity index (χ2v) is 5.62. The highest BCUT2D eigenvalue weighted by Gasteiger charge is 2.17. The largest absolute Gasteiger partial charge is 0.395 e. The van der Waals surface area contributed by atoms with E-state index in [4.69, 9.17) is 17.3 Å². The van der Waals surface area contributed by atoms with Gasteiger partial charge in [-0.1, -0.05) is 11.6 Å². The van der Waals surface area contributed by atoms with Crippen LogP contribution in [0.15, 0.2) is 28.4 Å². The van der Waals surface area contributed by atoms with E-state index >= 15 is 0 Å². The number of halogens is 1. The van der Waals surface area contributed by atoms with Crippen LogP contribution in [-0.2, 0) is 0 Å². The molecule has 2 rings (SSSR count). The quantitative estimate of drug-likeness (QED) is 0.935. The van der Waals surface area contributed by atoms with Crippen LogP contribution < -0.4 is 5.73 Å². The maximum Gasteiger partial charge on any atom is 0.124 e. The number of nitrogens with two attached hydrogens (primary N) is 1. The van der Waals surface area contributed by atoms with Crippen molar-refractivity contribution >= 4 is 29.1 Å². The number of aromatic nitrogens is 3. The first-order chi connectivity index (χ1) is 8.50. The number of aryl methyl sites for hydroxylation is 1. The van der Waals surface area contributed by atoms with Gasteiger partial charge in [0.1, 0.15) is 10.1 Å². The third-order valence-electron chi connectivity index (χ3n) is 2.49. The van der Waals surface area contributed by atoms with Crippen LogP contribution in [0.25, 0.3) is 0 Å². The first-order valence-corrected chi connectivity index (χ1v) is 6.83. The zero-order valence-electron chi connectivity index (χ0n) is 10.5. The van der Waals surface area contributed by atoms with Crippen molar-refractivity contribution in [3.63, 3.8) is 0 Å². The van der Waals surface area contributed by atoms with E-state index in [1.807, 2.05) is 17.7 Å². The molecule has 0 amide bonds. The fraction of sp³-hybridized carbons (Fsp3) is 0.333. The van der Waals surface area contributed by atoms with Crippen molar-refractivity contribution in [2.75, 3.05) is 5.73 Å². The summed E-state index contributed by atoms with van der Waals surface area (Å²) in [4.78, 5) is 4.26. The van der Waals surface area contributed by atoms with Gasteiger partial charge < -0.3 is 5.73 Å². The third kappa shape index (κ3) is 2.47. The topological polar surface area (TPSA) is 56.7 Å². The maximum absolute atomic E-state index is 6.11. The van der Waals surface area contributed by atoms with E-state index in [0.29, 0.717) is 10.7 Å². The Labute approximate surface area is 116 Å². The van der Waals surface area contributed by atoms with Gasteiger partial charge >= 0.3 is 0 Å². The molecule has 0 aromatic carbocycles. The molecule has 2 heterocycles. The standard InChI is InChI=1S/C12H15ClN4S/c1-7(2)17-12(10(14)8(3)16-17)18-11-9(13)5-4-6-15-11/h4-7H,14H2,1-3H3.